The van der Waals surface area contributed by atoms with Gasteiger partial charge in [0.05, 0.1) is 16.0 Å². The number of benzene rings is 2. The molecule has 0 radical (unpaired) electrons. The number of pyridine rings is 1. The summed E-state index contributed by atoms with van der Waals surface area (Å²) in [6, 6.07) is 17.7. The van der Waals surface area contributed by atoms with E-state index in [4.69, 9.17) is 9.47 Å². The van der Waals surface area contributed by atoms with E-state index >= 15 is 0 Å². The lowest BCUT2D eigenvalue weighted by molar-refractivity contribution is -0.118. The Kier molecular flexibility index (Phi) is 5.69. The molecule has 3 aliphatic rings. The number of amides is 1. The molecular weight excluding hydrogens is 478 g/mol. The van der Waals surface area contributed by atoms with Gasteiger partial charge in [-0.15, -0.1) is 0 Å². The lowest BCUT2D eigenvalue weighted by Gasteiger charge is -2.16. The normalized spacial score (nSPS) is 18.2. The van der Waals surface area contributed by atoms with Crippen molar-refractivity contribution in [2.75, 3.05) is 12.1 Å². The summed E-state index contributed by atoms with van der Waals surface area (Å²) in [6.45, 7) is 0.193. The number of rotatable bonds is 7. The molecule has 1 amide bonds. The molecule has 9 heteroatoms. The van der Waals surface area contributed by atoms with Gasteiger partial charge in [-0.1, -0.05) is 37.1 Å². The maximum atomic E-state index is 13.2. The number of carbonyl (C=O) groups excluding carboxylic acids is 1. The summed E-state index contributed by atoms with van der Waals surface area (Å²) in [6.07, 6.45) is 5.39. The summed E-state index contributed by atoms with van der Waals surface area (Å²) in [7, 11) is -3.55. The van der Waals surface area contributed by atoms with Gasteiger partial charge in [-0.25, -0.2) is 18.1 Å². The zero-order valence-corrected chi connectivity index (χ0v) is 20.5. The van der Waals surface area contributed by atoms with Gasteiger partial charge in [0.15, 0.2) is 11.5 Å². The minimum Gasteiger partial charge on any atom is -0.454 e. The number of carbonyl (C=O) groups is 1. The van der Waals surface area contributed by atoms with E-state index in [9.17, 15) is 13.2 Å². The second-order valence-electron chi connectivity index (χ2n) is 9.64. The van der Waals surface area contributed by atoms with Gasteiger partial charge in [0.2, 0.25) is 22.7 Å². The Morgan fingerprint density at radius 1 is 0.944 bits per heavy atom. The number of nitrogens with one attached hydrogen (secondary N) is 2. The standard InChI is InChI=1S/C27H27N3O5S/c31-26(27(14-15-27)19-10-13-23-24(16-19)35-17-34-23)29-25-7-3-6-22(28-25)18-8-11-21(12-9-18)36(32,33)30-20-4-1-2-5-20/h3,6-13,16,20,30H,1-2,4-5,14-15,17H2,(H,28,29,31). The zero-order valence-electron chi connectivity index (χ0n) is 19.7. The van der Waals surface area contributed by atoms with Gasteiger partial charge in [0.25, 0.3) is 0 Å². The first-order chi connectivity index (χ1) is 17.4. The Morgan fingerprint density at radius 3 is 2.44 bits per heavy atom. The first-order valence-corrected chi connectivity index (χ1v) is 13.7. The van der Waals surface area contributed by atoms with Crippen LogP contribution in [0.1, 0.15) is 44.1 Å². The minimum atomic E-state index is -3.55. The van der Waals surface area contributed by atoms with Crippen molar-refractivity contribution in [3.63, 3.8) is 0 Å². The fourth-order valence-corrected chi connectivity index (χ4v) is 6.31. The Morgan fingerprint density at radius 2 is 1.69 bits per heavy atom. The number of nitrogens with zero attached hydrogens (tertiary/aromatic N) is 1. The van der Waals surface area contributed by atoms with Crippen molar-refractivity contribution < 1.29 is 22.7 Å². The van der Waals surface area contributed by atoms with Gasteiger partial charge >= 0.3 is 0 Å². The Hall–Kier alpha value is -3.43. The summed E-state index contributed by atoms with van der Waals surface area (Å²) in [5.74, 6) is 1.70. The first-order valence-electron chi connectivity index (χ1n) is 12.2. The van der Waals surface area contributed by atoms with Gasteiger partial charge in [-0.2, -0.15) is 0 Å². The minimum absolute atomic E-state index is 0.0176. The third-order valence-corrected chi connectivity index (χ3v) is 8.77. The topological polar surface area (TPSA) is 107 Å². The Bertz CT molecular complexity index is 1410. The largest absolute Gasteiger partial charge is 0.454 e. The predicted molar refractivity (Wildman–Crippen MR) is 134 cm³/mol. The lowest BCUT2D eigenvalue weighted by Crippen LogP contribution is -2.32. The quantitative estimate of drug-likeness (QED) is 0.494. The SMILES string of the molecule is O=C(Nc1cccc(-c2ccc(S(=O)(=O)NC3CCCC3)cc2)n1)C1(c2ccc3c(c2)OCO3)CC1. The molecule has 2 fully saturated rings. The third kappa shape index (κ3) is 4.33. The van der Waals surface area contributed by atoms with Gasteiger partial charge < -0.3 is 14.8 Å². The molecule has 0 saturated heterocycles. The maximum Gasteiger partial charge on any atom is 0.240 e. The molecular formula is C27H27N3O5S. The smallest absolute Gasteiger partial charge is 0.240 e. The molecule has 1 aliphatic heterocycles. The number of hydrogen-bond acceptors (Lipinski definition) is 6. The second kappa shape index (κ2) is 8.90. The van der Waals surface area contributed by atoms with Gasteiger partial charge in [0, 0.05) is 11.6 Å². The van der Waals surface area contributed by atoms with Crippen LogP contribution < -0.4 is 19.5 Å². The summed E-state index contributed by atoms with van der Waals surface area (Å²) in [4.78, 5) is 18.1. The van der Waals surface area contributed by atoms with E-state index in [1.807, 2.05) is 30.3 Å². The van der Waals surface area contributed by atoms with Crippen LogP contribution in [0.5, 0.6) is 11.5 Å². The average Bonchev–Trinajstić information content (AvgIpc) is 3.29. The molecule has 6 rings (SSSR count). The molecule has 2 aromatic carbocycles. The van der Waals surface area contributed by atoms with E-state index in [0.29, 0.717) is 23.0 Å². The van der Waals surface area contributed by atoms with Crippen molar-refractivity contribution in [3.8, 4) is 22.8 Å². The Labute approximate surface area is 210 Å². The van der Waals surface area contributed by atoms with E-state index in [-0.39, 0.29) is 23.6 Å². The molecule has 0 unspecified atom stereocenters. The van der Waals surface area contributed by atoms with Crippen molar-refractivity contribution in [2.24, 2.45) is 0 Å². The highest BCUT2D eigenvalue weighted by molar-refractivity contribution is 7.89. The number of hydrogen-bond donors (Lipinski definition) is 2. The van der Waals surface area contributed by atoms with Crippen LogP contribution in [0.2, 0.25) is 0 Å². The summed E-state index contributed by atoms with van der Waals surface area (Å²) in [5.41, 5.74) is 1.72. The van der Waals surface area contributed by atoms with Gasteiger partial charge in [0.1, 0.15) is 5.82 Å². The molecule has 2 N–H and O–H groups in total. The van der Waals surface area contributed by atoms with Crippen molar-refractivity contribution in [2.45, 2.75) is 54.9 Å². The van der Waals surface area contributed by atoms with E-state index in [1.54, 1.807) is 30.3 Å². The maximum absolute atomic E-state index is 13.2. The summed E-state index contributed by atoms with van der Waals surface area (Å²) in [5, 5.41) is 2.97. The average molecular weight is 506 g/mol. The van der Waals surface area contributed by atoms with Crippen LogP contribution in [0, 0.1) is 0 Å². The van der Waals surface area contributed by atoms with Crippen LogP contribution in [-0.4, -0.2) is 32.1 Å². The molecule has 3 aromatic rings. The number of sulfonamides is 1. The Balaban J connectivity index is 1.17. The van der Waals surface area contributed by atoms with Crippen LogP contribution in [0.15, 0.2) is 65.6 Å². The van der Waals surface area contributed by atoms with Gasteiger partial charge in [-0.3, -0.25) is 4.79 Å². The van der Waals surface area contributed by atoms with E-state index in [2.05, 4.69) is 15.0 Å². The number of fused-ring (bicyclic) bond motifs is 1. The first kappa shape index (κ1) is 23.0. The van der Waals surface area contributed by atoms with Crippen LogP contribution in [0.4, 0.5) is 5.82 Å². The molecule has 0 spiro atoms. The third-order valence-electron chi connectivity index (χ3n) is 7.24. The molecule has 0 bridgehead atoms. The highest BCUT2D eigenvalue weighted by atomic mass is 32.2. The molecule has 8 nitrogen and oxygen atoms in total. The van der Waals surface area contributed by atoms with E-state index in [1.165, 1.54) is 0 Å². The molecule has 36 heavy (non-hydrogen) atoms. The molecule has 1 aromatic heterocycles. The fourth-order valence-electron chi connectivity index (χ4n) is 5.00. The molecule has 2 saturated carbocycles. The molecule has 186 valence electrons. The second-order valence-corrected chi connectivity index (χ2v) is 11.4. The molecule has 0 atom stereocenters. The van der Waals surface area contributed by atoms with Gasteiger partial charge in [-0.05, 0) is 67.6 Å². The van der Waals surface area contributed by atoms with Crippen LogP contribution >= 0.6 is 0 Å². The highest BCUT2D eigenvalue weighted by Crippen LogP contribution is 2.51. The van der Waals surface area contributed by atoms with E-state index in [0.717, 1.165) is 49.7 Å². The van der Waals surface area contributed by atoms with Crippen LogP contribution in [-0.2, 0) is 20.2 Å². The zero-order chi connectivity index (χ0) is 24.8. The van der Waals surface area contributed by atoms with Crippen molar-refractivity contribution in [1.82, 2.24) is 9.71 Å². The van der Waals surface area contributed by atoms with Crippen LogP contribution in [0.3, 0.4) is 0 Å². The fraction of sp³-hybridized carbons (Fsp3) is 0.333. The monoisotopic (exact) mass is 505 g/mol. The van der Waals surface area contributed by atoms with Crippen molar-refractivity contribution in [1.29, 1.82) is 0 Å². The van der Waals surface area contributed by atoms with Crippen molar-refractivity contribution >= 4 is 21.7 Å². The number of anilines is 1. The van der Waals surface area contributed by atoms with Crippen molar-refractivity contribution in [3.05, 3.63) is 66.2 Å². The molecule has 2 heterocycles. The lowest BCUT2D eigenvalue weighted by atomic mass is 9.94. The predicted octanol–water partition coefficient (Wildman–Crippen LogP) is 4.37. The summed E-state index contributed by atoms with van der Waals surface area (Å²) >= 11 is 0. The van der Waals surface area contributed by atoms with E-state index < -0.39 is 15.4 Å². The number of ether oxygens (including phenoxy) is 2. The highest BCUT2D eigenvalue weighted by Gasteiger charge is 2.51. The number of aromatic nitrogens is 1. The van der Waals surface area contributed by atoms with Crippen LogP contribution in [0.25, 0.3) is 11.3 Å². The molecule has 2 aliphatic carbocycles. The summed E-state index contributed by atoms with van der Waals surface area (Å²) < 4.78 is 39.1.